The second-order valence-electron chi connectivity index (χ2n) is 6.78. The fourth-order valence-electron chi connectivity index (χ4n) is 3.51. The Labute approximate surface area is 118 Å². The van der Waals surface area contributed by atoms with E-state index in [4.69, 9.17) is 0 Å². The summed E-state index contributed by atoms with van der Waals surface area (Å²) in [5.41, 5.74) is 2.74. The van der Waals surface area contributed by atoms with Crippen molar-refractivity contribution < 1.29 is 5.11 Å². The van der Waals surface area contributed by atoms with E-state index in [1.165, 1.54) is 31.2 Å². The van der Waals surface area contributed by atoms with Crippen LogP contribution in [0.1, 0.15) is 70.1 Å². The molecular weight excluding hydrogens is 232 g/mol. The highest BCUT2D eigenvalue weighted by atomic mass is 16.3. The second kappa shape index (κ2) is 6.09. The second-order valence-corrected chi connectivity index (χ2v) is 6.78. The molecule has 1 saturated carbocycles. The summed E-state index contributed by atoms with van der Waals surface area (Å²) in [6.07, 6.45) is 6.98. The first kappa shape index (κ1) is 14.6. The minimum Gasteiger partial charge on any atom is -0.388 e. The van der Waals surface area contributed by atoms with Crippen LogP contribution in [0.2, 0.25) is 0 Å². The van der Waals surface area contributed by atoms with Crippen LogP contribution in [0, 0.1) is 11.3 Å². The van der Waals surface area contributed by atoms with Gasteiger partial charge < -0.3 is 5.11 Å². The maximum Gasteiger partial charge on any atom is 0.0823 e. The fourth-order valence-corrected chi connectivity index (χ4v) is 3.51. The van der Waals surface area contributed by atoms with Gasteiger partial charge in [0.05, 0.1) is 6.10 Å². The molecule has 1 aliphatic rings. The summed E-state index contributed by atoms with van der Waals surface area (Å²) >= 11 is 0. The molecule has 106 valence electrons. The first-order chi connectivity index (χ1) is 9.04. The maximum atomic E-state index is 10.7. The number of aliphatic hydroxyl groups excluding tert-OH is 1. The van der Waals surface area contributed by atoms with Crippen molar-refractivity contribution in [1.29, 1.82) is 0 Å². The first-order valence-corrected chi connectivity index (χ1v) is 7.81. The molecule has 0 saturated heterocycles. The molecule has 0 amide bonds. The number of hydrogen-bond donors (Lipinski definition) is 1. The molecule has 0 aromatic heterocycles. The molecule has 0 heterocycles. The monoisotopic (exact) mass is 260 g/mol. The summed E-state index contributed by atoms with van der Waals surface area (Å²) in [7, 11) is 0. The standard InChI is InChI=1S/C18H28O/c1-4-7-14-9-11-15(12-10-14)17(19)16-8-5-6-13-18(16,2)3/h9-12,16-17,19H,4-8,13H2,1-3H3. The number of hydrogen-bond acceptors (Lipinski definition) is 1. The van der Waals surface area contributed by atoms with E-state index in [0.717, 1.165) is 18.4 Å². The lowest BCUT2D eigenvalue weighted by molar-refractivity contribution is 0.00385. The normalized spacial score (nSPS) is 24.1. The zero-order valence-corrected chi connectivity index (χ0v) is 12.7. The van der Waals surface area contributed by atoms with Gasteiger partial charge in [-0.2, -0.15) is 0 Å². The third-order valence-corrected chi connectivity index (χ3v) is 4.83. The molecule has 2 unspecified atom stereocenters. The fraction of sp³-hybridized carbons (Fsp3) is 0.667. The maximum absolute atomic E-state index is 10.7. The molecule has 0 aliphatic heterocycles. The van der Waals surface area contributed by atoms with Gasteiger partial charge in [-0.15, -0.1) is 0 Å². The Morgan fingerprint density at radius 1 is 1.21 bits per heavy atom. The lowest BCUT2D eigenvalue weighted by Gasteiger charge is -2.41. The van der Waals surface area contributed by atoms with Crippen LogP contribution in [-0.4, -0.2) is 5.11 Å². The Morgan fingerprint density at radius 2 is 1.89 bits per heavy atom. The van der Waals surface area contributed by atoms with Crippen molar-refractivity contribution in [2.24, 2.45) is 11.3 Å². The van der Waals surface area contributed by atoms with Crippen LogP contribution in [0.3, 0.4) is 0 Å². The Morgan fingerprint density at radius 3 is 2.47 bits per heavy atom. The lowest BCUT2D eigenvalue weighted by atomic mass is 9.65. The van der Waals surface area contributed by atoms with E-state index in [2.05, 4.69) is 45.0 Å². The zero-order chi connectivity index (χ0) is 13.9. The predicted octanol–water partition coefficient (Wildman–Crippen LogP) is 4.89. The van der Waals surface area contributed by atoms with Crippen molar-refractivity contribution in [3.8, 4) is 0 Å². The summed E-state index contributed by atoms with van der Waals surface area (Å²) in [5, 5.41) is 10.7. The SMILES string of the molecule is CCCc1ccc(C(O)C2CCCCC2(C)C)cc1. The van der Waals surface area contributed by atoms with Gasteiger partial charge in [0.25, 0.3) is 0 Å². The van der Waals surface area contributed by atoms with Crippen molar-refractivity contribution in [1.82, 2.24) is 0 Å². The minimum absolute atomic E-state index is 0.264. The molecule has 1 heteroatoms. The highest BCUT2D eigenvalue weighted by molar-refractivity contribution is 5.25. The van der Waals surface area contributed by atoms with Gasteiger partial charge in [0, 0.05) is 0 Å². The third kappa shape index (κ3) is 3.39. The van der Waals surface area contributed by atoms with Gasteiger partial charge in [-0.25, -0.2) is 0 Å². The van der Waals surface area contributed by atoms with Gasteiger partial charge in [-0.1, -0.05) is 64.3 Å². The zero-order valence-electron chi connectivity index (χ0n) is 12.7. The summed E-state index contributed by atoms with van der Waals surface area (Å²) in [5.74, 6) is 0.401. The van der Waals surface area contributed by atoms with E-state index < -0.39 is 0 Å². The van der Waals surface area contributed by atoms with Gasteiger partial charge in [-0.05, 0) is 41.7 Å². The van der Waals surface area contributed by atoms with Gasteiger partial charge in [0.15, 0.2) is 0 Å². The first-order valence-electron chi connectivity index (χ1n) is 7.81. The van der Waals surface area contributed by atoms with E-state index >= 15 is 0 Å². The van der Waals surface area contributed by atoms with Crippen molar-refractivity contribution in [3.05, 3.63) is 35.4 Å². The van der Waals surface area contributed by atoms with Crippen molar-refractivity contribution >= 4 is 0 Å². The smallest absolute Gasteiger partial charge is 0.0823 e. The Bertz CT molecular complexity index is 391. The molecule has 0 bridgehead atoms. The average molecular weight is 260 g/mol. The Hall–Kier alpha value is -0.820. The molecule has 2 atom stereocenters. The minimum atomic E-state index is -0.300. The van der Waals surface area contributed by atoms with E-state index in [9.17, 15) is 5.11 Å². The Balaban J connectivity index is 2.11. The molecule has 1 aromatic carbocycles. The molecule has 1 aliphatic carbocycles. The molecule has 1 nitrogen and oxygen atoms in total. The third-order valence-electron chi connectivity index (χ3n) is 4.83. The number of aryl methyl sites for hydroxylation is 1. The lowest BCUT2D eigenvalue weighted by Crippen LogP contribution is -2.32. The summed E-state index contributed by atoms with van der Waals surface area (Å²) in [6.45, 7) is 6.82. The van der Waals surface area contributed by atoms with E-state index in [1.54, 1.807) is 0 Å². The molecule has 19 heavy (non-hydrogen) atoms. The van der Waals surface area contributed by atoms with Crippen LogP contribution in [0.15, 0.2) is 24.3 Å². The van der Waals surface area contributed by atoms with Gasteiger partial charge in [0.1, 0.15) is 0 Å². The van der Waals surface area contributed by atoms with Crippen LogP contribution < -0.4 is 0 Å². The van der Waals surface area contributed by atoms with Crippen LogP contribution in [-0.2, 0) is 6.42 Å². The van der Waals surface area contributed by atoms with Crippen molar-refractivity contribution in [2.75, 3.05) is 0 Å². The molecule has 1 aromatic rings. The van der Waals surface area contributed by atoms with Gasteiger partial charge >= 0.3 is 0 Å². The van der Waals surface area contributed by atoms with Crippen molar-refractivity contribution in [3.63, 3.8) is 0 Å². The molecule has 2 rings (SSSR count). The molecular formula is C18H28O. The van der Waals surface area contributed by atoms with Crippen molar-refractivity contribution in [2.45, 2.75) is 65.4 Å². The van der Waals surface area contributed by atoms with Gasteiger partial charge in [-0.3, -0.25) is 0 Å². The summed E-state index contributed by atoms with van der Waals surface area (Å²) < 4.78 is 0. The largest absolute Gasteiger partial charge is 0.388 e. The number of aliphatic hydroxyl groups is 1. The summed E-state index contributed by atoms with van der Waals surface area (Å²) in [6, 6.07) is 8.61. The van der Waals surface area contributed by atoms with Gasteiger partial charge in [0.2, 0.25) is 0 Å². The van der Waals surface area contributed by atoms with Crippen LogP contribution >= 0.6 is 0 Å². The molecule has 1 N–H and O–H groups in total. The number of benzene rings is 1. The molecule has 0 radical (unpaired) electrons. The molecule has 1 fully saturated rings. The molecule has 0 spiro atoms. The predicted molar refractivity (Wildman–Crippen MR) is 81.1 cm³/mol. The van der Waals surface area contributed by atoms with E-state index in [0.29, 0.717) is 5.92 Å². The highest BCUT2D eigenvalue weighted by Gasteiger charge is 2.37. The average Bonchev–Trinajstić information content (AvgIpc) is 2.39. The quantitative estimate of drug-likeness (QED) is 0.817. The highest BCUT2D eigenvalue weighted by Crippen LogP contribution is 2.46. The summed E-state index contributed by atoms with van der Waals surface area (Å²) in [4.78, 5) is 0. The van der Waals surface area contributed by atoms with Crippen LogP contribution in [0.5, 0.6) is 0 Å². The van der Waals surface area contributed by atoms with E-state index in [1.807, 2.05) is 0 Å². The van der Waals surface area contributed by atoms with Crippen LogP contribution in [0.25, 0.3) is 0 Å². The topological polar surface area (TPSA) is 20.2 Å². The Kier molecular flexibility index (Phi) is 4.67. The number of rotatable bonds is 4. The van der Waals surface area contributed by atoms with Crippen LogP contribution in [0.4, 0.5) is 0 Å². The van der Waals surface area contributed by atoms with E-state index in [-0.39, 0.29) is 11.5 Å².